The number of hydrogen-bond donors (Lipinski definition) is 4. The van der Waals surface area contributed by atoms with Crippen molar-refractivity contribution in [1.82, 2.24) is 30.1 Å². The predicted octanol–water partition coefficient (Wildman–Crippen LogP) is 6.15. The third kappa shape index (κ3) is 4.37. The van der Waals surface area contributed by atoms with Crippen LogP contribution in [0.2, 0.25) is 0 Å². The van der Waals surface area contributed by atoms with Crippen molar-refractivity contribution in [2.75, 3.05) is 5.32 Å². The molecule has 190 valence electrons. The molecule has 0 amide bonds. The smallest absolute Gasteiger partial charge is 0.160 e. The van der Waals surface area contributed by atoms with Gasteiger partial charge in [-0.1, -0.05) is 39.0 Å². The van der Waals surface area contributed by atoms with Crippen LogP contribution >= 0.6 is 0 Å². The Hall–Kier alpha value is -4.63. The number of nitrogens with one attached hydrogen (secondary N) is 3. The van der Waals surface area contributed by atoms with Gasteiger partial charge in [0.1, 0.15) is 23.3 Å². The topological polar surface area (TPSA) is 115 Å². The summed E-state index contributed by atoms with van der Waals surface area (Å²) in [5.41, 5.74) is 6.48. The van der Waals surface area contributed by atoms with E-state index in [-0.39, 0.29) is 11.2 Å². The zero-order valence-corrected chi connectivity index (χ0v) is 21.1. The number of aromatic amines is 2. The highest BCUT2D eigenvalue weighted by Crippen LogP contribution is 2.33. The number of hydrogen-bond acceptors (Lipinski definition) is 6. The van der Waals surface area contributed by atoms with Crippen molar-refractivity contribution >= 4 is 27.8 Å². The van der Waals surface area contributed by atoms with E-state index in [1.165, 1.54) is 12.1 Å². The number of halogens is 1. The zero-order valence-electron chi connectivity index (χ0n) is 21.1. The summed E-state index contributed by atoms with van der Waals surface area (Å²) < 4.78 is 13.9. The maximum absolute atomic E-state index is 13.9. The summed E-state index contributed by atoms with van der Waals surface area (Å²) in [5, 5.41) is 22.1. The molecule has 0 saturated carbocycles. The van der Waals surface area contributed by atoms with Gasteiger partial charge in [0.15, 0.2) is 11.5 Å². The van der Waals surface area contributed by atoms with Crippen LogP contribution in [0.1, 0.15) is 20.8 Å². The summed E-state index contributed by atoms with van der Waals surface area (Å²) in [7, 11) is 0. The van der Waals surface area contributed by atoms with Crippen molar-refractivity contribution in [3.63, 3.8) is 0 Å². The lowest BCUT2D eigenvalue weighted by Gasteiger charge is -2.27. The van der Waals surface area contributed by atoms with E-state index in [4.69, 9.17) is 4.98 Å². The van der Waals surface area contributed by atoms with Crippen molar-refractivity contribution in [3.05, 3.63) is 79.0 Å². The van der Waals surface area contributed by atoms with Gasteiger partial charge in [0, 0.05) is 34.3 Å². The molecule has 0 bridgehead atoms. The minimum Gasteiger partial charge on any atom is -0.373 e. The fourth-order valence-corrected chi connectivity index (χ4v) is 4.34. The first-order chi connectivity index (χ1) is 18.3. The normalized spacial score (nSPS) is 12.8. The number of aromatic nitrogens is 6. The second kappa shape index (κ2) is 9.04. The molecule has 0 radical (unpaired) electrons. The molecule has 0 fully saturated rings. The molecule has 4 heterocycles. The van der Waals surface area contributed by atoms with E-state index < -0.39 is 6.23 Å². The van der Waals surface area contributed by atoms with Crippen LogP contribution in [0, 0.1) is 11.2 Å². The predicted molar refractivity (Wildman–Crippen MR) is 147 cm³/mol. The van der Waals surface area contributed by atoms with Gasteiger partial charge in [0.05, 0.1) is 17.4 Å². The molecule has 2 aromatic carbocycles. The molecule has 6 rings (SSSR count). The van der Waals surface area contributed by atoms with Crippen LogP contribution in [0.3, 0.4) is 0 Å². The number of anilines is 1. The maximum atomic E-state index is 13.9. The Bertz CT molecular complexity index is 1780. The number of fused-ring (bicyclic) bond motifs is 2. The highest BCUT2D eigenvalue weighted by Gasteiger charge is 2.22. The fraction of sp³-hybridized carbons (Fsp3) is 0.172. The van der Waals surface area contributed by atoms with E-state index in [0.717, 1.165) is 38.8 Å². The van der Waals surface area contributed by atoms with E-state index >= 15 is 0 Å². The van der Waals surface area contributed by atoms with Crippen molar-refractivity contribution in [2.45, 2.75) is 27.0 Å². The average Bonchev–Trinajstić information content (AvgIpc) is 3.52. The number of H-pyrrole nitrogens is 2. The Balaban J connectivity index is 1.40. The molecule has 1 unspecified atom stereocenters. The molecule has 4 N–H and O–H groups in total. The van der Waals surface area contributed by atoms with Crippen molar-refractivity contribution in [2.24, 2.45) is 5.41 Å². The number of rotatable bonds is 5. The second-order valence-corrected chi connectivity index (χ2v) is 10.4. The van der Waals surface area contributed by atoms with E-state index in [2.05, 4.69) is 30.5 Å². The number of imidazole rings is 1. The average molecular weight is 508 g/mol. The van der Waals surface area contributed by atoms with Crippen LogP contribution in [0.15, 0.2) is 73.2 Å². The number of aliphatic hydroxyl groups is 1. The molecule has 9 heteroatoms. The minimum atomic E-state index is -0.721. The van der Waals surface area contributed by atoms with Gasteiger partial charge in [-0.15, -0.1) is 0 Å². The molecule has 0 saturated heterocycles. The number of nitrogens with zero attached hydrogens (tertiary/aromatic N) is 4. The third-order valence-electron chi connectivity index (χ3n) is 6.50. The molecule has 8 nitrogen and oxygen atoms in total. The highest BCUT2D eigenvalue weighted by atomic mass is 19.1. The lowest BCUT2D eigenvalue weighted by molar-refractivity contribution is 0.0880. The Labute approximate surface area is 218 Å². The largest absolute Gasteiger partial charge is 0.373 e. The van der Waals surface area contributed by atoms with Gasteiger partial charge in [-0.3, -0.25) is 10.1 Å². The van der Waals surface area contributed by atoms with Gasteiger partial charge < -0.3 is 15.4 Å². The third-order valence-corrected chi connectivity index (χ3v) is 6.50. The van der Waals surface area contributed by atoms with Crippen LogP contribution in [0.4, 0.5) is 10.1 Å². The van der Waals surface area contributed by atoms with Gasteiger partial charge in [0.2, 0.25) is 0 Å². The Morgan fingerprint density at radius 1 is 0.974 bits per heavy atom. The minimum absolute atomic E-state index is 0.310. The molecule has 0 aliphatic heterocycles. The van der Waals surface area contributed by atoms with Crippen LogP contribution in [-0.2, 0) is 0 Å². The lowest BCUT2D eigenvalue weighted by Crippen LogP contribution is -2.33. The molecule has 0 aliphatic rings. The molecule has 6 aromatic rings. The van der Waals surface area contributed by atoms with E-state index in [1.807, 2.05) is 57.2 Å². The van der Waals surface area contributed by atoms with Gasteiger partial charge in [-0.2, -0.15) is 5.10 Å². The lowest BCUT2D eigenvalue weighted by atomic mass is 9.94. The summed E-state index contributed by atoms with van der Waals surface area (Å²) in [4.78, 5) is 16.9. The first kappa shape index (κ1) is 23.7. The summed E-state index contributed by atoms with van der Waals surface area (Å²) in [6.45, 7) is 5.89. The molecule has 1 atom stereocenters. The van der Waals surface area contributed by atoms with E-state index in [9.17, 15) is 9.50 Å². The molecule has 4 aromatic heterocycles. The molecule has 0 aliphatic carbocycles. The Morgan fingerprint density at radius 2 is 1.84 bits per heavy atom. The highest BCUT2D eigenvalue weighted by molar-refractivity contribution is 5.97. The van der Waals surface area contributed by atoms with E-state index in [0.29, 0.717) is 22.7 Å². The molecule has 38 heavy (non-hydrogen) atoms. The SMILES string of the molecule is CC(C)(C)C(O)Nc1cncc(-c2ccc3[nH]nc(-c4nc5c(-c6cccc(F)c6)ccnc5[nH]4)c3c2)c1. The first-order valence-electron chi connectivity index (χ1n) is 12.3. The van der Waals surface area contributed by atoms with Crippen LogP contribution < -0.4 is 5.32 Å². The summed E-state index contributed by atoms with van der Waals surface area (Å²) in [6.07, 6.45) is 4.43. The van der Waals surface area contributed by atoms with Gasteiger partial charge in [-0.25, -0.2) is 14.4 Å². The van der Waals surface area contributed by atoms with Crippen molar-refractivity contribution < 1.29 is 9.50 Å². The van der Waals surface area contributed by atoms with Crippen molar-refractivity contribution in [3.8, 4) is 33.8 Å². The first-order valence-corrected chi connectivity index (χ1v) is 12.3. The number of benzene rings is 2. The van der Waals surface area contributed by atoms with Crippen molar-refractivity contribution in [1.29, 1.82) is 0 Å². The van der Waals surface area contributed by atoms with Gasteiger partial charge in [0.25, 0.3) is 0 Å². The summed E-state index contributed by atoms with van der Waals surface area (Å²) >= 11 is 0. The monoisotopic (exact) mass is 507 g/mol. The second-order valence-electron chi connectivity index (χ2n) is 10.4. The van der Waals surface area contributed by atoms with Gasteiger partial charge in [-0.05, 0) is 47.5 Å². The van der Waals surface area contributed by atoms with Gasteiger partial charge >= 0.3 is 0 Å². The summed E-state index contributed by atoms with van der Waals surface area (Å²) in [6, 6.07) is 16.2. The molecule has 0 spiro atoms. The summed E-state index contributed by atoms with van der Waals surface area (Å²) in [5.74, 6) is 0.248. The maximum Gasteiger partial charge on any atom is 0.160 e. The standard InChI is InChI=1S/C29H26FN7O/c1-29(2,3)28(38)33-20-12-18(14-31-15-20)16-7-8-23-22(13-16)25(37-36-23)27-34-24-21(9-10-32-26(24)35-27)17-5-4-6-19(30)11-17/h4-15,28,33,38H,1-3H3,(H,36,37)(H,32,34,35). The Kier molecular flexibility index (Phi) is 5.65. The van der Waals surface area contributed by atoms with Crippen LogP contribution in [0.25, 0.3) is 55.8 Å². The fourth-order valence-electron chi connectivity index (χ4n) is 4.34. The quantitative estimate of drug-likeness (QED) is 0.208. The molecular formula is C29H26FN7O. The molecular weight excluding hydrogens is 481 g/mol. The number of aliphatic hydroxyl groups excluding tert-OH is 1. The van der Waals surface area contributed by atoms with Crippen LogP contribution in [-0.4, -0.2) is 41.5 Å². The van der Waals surface area contributed by atoms with Crippen LogP contribution in [0.5, 0.6) is 0 Å². The number of pyridine rings is 2. The zero-order chi connectivity index (χ0) is 26.4. The Morgan fingerprint density at radius 3 is 2.66 bits per heavy atom. The van der Waals surface area contributed by atoms with E-state index in [1.54, 1.807) is 24.7 Å².